The fourth-order valence-corrected chi connectivity index (χ4v) is 6.82. The Kier molecular flexibility index (Phi) is 63.8. The highest BCUT2D eigenvalue weighted by Gasteiger charge is 2.51. The van der Waals surface area contributed by atoms with Crippen LogP contribution in [0.15, 0.2) is 273 Å². The summed E-state index contributed by atoms with van der Waals surface area (Å²) in [5.74, 6) is -7.77. The quantitative estimate of drug-likeness (QED) is 0.0441. The molecule has 9 aromatic rings. The van der Waals surface area contributed by atoms with Crippen molar-refractivity contribution in [2.75, 3.05) is 6.79 Å². The van der Waals surface area contributed by atoms with Gasteiger partial charge in [0.15, 0.2) is 0 Å². The van der Waals surface area contributed by atoms with Crippen LogP contribution in [0.3, 0.4) is 0 Å². The Morgan fingerprint density at radius 1 is 0.212 bits per heavy atom. The van der Waals surface area contributed by atoms with E-state index in [1.165, 1.54) is 84.9 Å². The van der Waals surface area contributed by atoms with Crippen LogP contribution >= 0.6 is 0 Å². The molecule has 9 aromatic carbocycles. The first-order valence-corrected chi connectivity index (χ1v) is 34.2. The molecule has 0 radical (unpaired) electrons. The van der Waals surface area contributed by atoms with Gasteiger partial charge in [0.1, 0.15) is 0 Å². The summed E-state index contributed by atoms with van der Waals surface area (Å²) in [5.41, 5.74) is 1.58. The highest BCUT2D eigenvalue weighted by molar-refractivity contribution is 5.95. The van der Waals surface area contributed by atoms with E-state index < -0.39 is 73.2 Å². The van der Waals surface area contributed by atoms with Crippen molar-refractivity contribution in [3.05, 3.63) is 323 Å². The molecule has 18 heteroatoms. The molecule has 0 N–H and O–H groups in total. The zero-order chi connectivity index (χ0) is 77.4. The third-order valence-electron chi connectivity index (χ3n) is 10.9. The first-order valence-electron chi connectivity index (χ1n) is 34.2. The fraction of sp³-hybridized carbons (Fsp3) is 0.267. The van der Waals surface area contributed by atoms with Gasteiger partial charge in [-0.25, -0.2) is 43.2 Å². The summed E-state index contributed by atoms with van der Waals surface area (Å²) in [6.45, 7) is 33.8. The summed E-state index contributed by atoms with van der Waals surface area (Å²) in [5, 5.41) is 0. The Balaban J connectivity index is -0.000000434. The second-order valence-electron chi connectivity index (χ2n) is 16.8. The average molecular weight is 1430 g/mol. The molecule has 0 spiro atoms. The van der Waals surface area contributed by atoms with Crippen molar-refractivity contribution in [3.8, 4) is 0 Å². The lowest BCUT2D eigenvalue weighted by atomic mass is 10.2. The lowest BCUT2D eigenvalue weighted by Crippen LogP contribution is -2.48. The van der Waals surface area contributed by atoms with Gasteiger partial charge in [0.25, 0.3) is 0 Å². The van der Waals surface area contributed by atoms with Crippen molar-refractivity contribution < 1.29 is 85.8 Å². The normalized spacial score (nSPS) is 8.80. The molecule has 0 bridgehead atoms. The van der Waals surface area contributed by atoms with E-state index in [-0.39, 0.29) is 53.8 Å². The Labute approximate surface area is 618 Å². The summed E-state index contributed by atoms with van der Waals surface area (Å²) >= 11 is 0. The van der Waals surface area contributed by atoms with Gasteiger partial charge in [-0.05, 0) is 109 Å². The molecule has 104 heavy (non-hydrogen) atoms. The van der Waals surface area contributed by atoms with Crippen molar-refractivity contribution in [3.63, 3.8) is 0 Å². The molecule has 0 unspecified atom stereocenters. The van der Waals surface area contributed by atoms with Crippen LogP contribution in [0.1, 0.15) is 233 Å². The molecule has 0 aliphatic heterocycles. The predicted octanol–water partition coefficient (Wildman–Crippen LogP) is 22.0. The fourth-order valence-electron chi connectivity index (χ4n) is 6.82. The van der Waals surface area contributed by atoms with Crippen LogP contribution in [0.4, 0.5) is 0 Å². The summed E-state index contributed by atoms with van der Waals surface area (Å²) in [7, 11) is 0. The maximum absolute atomic E-state index is 13.0. The van der Waals surface area contributed by atoms with Gasteiger partial charge in [-0.1, -0.05) is 303 Å². The van der Waals surface area contributed by atoms with Crippen LogP contribution in [-0.2, 0) is 42.6 Å². The first-order chi connectivity index (χ1) is 49.9. The van der Waals surface area contributed by atoms with E-state index in [0.717, 1.165) is 0 Å². The smallest absolute Gasteiger partial charge is 0.424 e. The molecule has 18 nitrogen and oxygen atoms in total. The van der Waals surface area contributed by atoms with Crippen LogP contribution in [-0.4, -0.2) is 73.2 Å². The number of carbonyl (C=O) groups excluding carboxylic acids is 9. The van der Waals surface area contributed by atoms with E-state index in [0.29, 0.717) is 11.1 Å². The van der Waals surface area contributed by atoms with E-state index in [4.69, 9.17) is 42.6 Å². The van der Waals surface area contributed by atoms with Gasteiger partial charge < -0.3 is 42.6 Å². The Morgan fingerprint density at radius 2 is 0.337 bits per heavy atom. The predicted molar refractivity (Wildman–Crippen MR) is 414 cm³/mol. The van der Waals surface area contributed by atoms with Crippen molar-refractivity contribution in [2.45, 2.75) is 152 Å². The highest BCUT2D eigenvalue weighted by atomic mass is 17.0. The SMILES string of the molecule is C.C.CC.CC.CC.CC.CC.CC.CC.CC.CC.O=C(OC(OC(=O)c1ccccc1)(OC(=O)c1ccccc1)OC(=O)c1ccccc1)c1ccccc1.O=C(OC(OC(=O)c1ccccc1)OC(=O)c1ccccc1)c1ccccc1.O=C(OCOC(=O)c1ccccc1)c1ccccc1. The minimum absolute atomic E-state index is 0. The number of benzene rings is 9. The summed E-state index contributed by atoms with van der Waals surface area (Å²) < 4.78 is 46.3. The van der Waals surface area contributed by atoms with Crippen LogP contribution in [0, 0.1) is 0 Å². The van der Waals surface area contributed by atoms with Crippen molar-refractivity contribution in [1.29, 1.82) is 0 Å². The van der Waals surface area contributed by atoms with E-state index in [1.54, 1.807) is 188 Å². The number of rotatable bonds is 18. The number of ether oxygens (including phenoxy) is 9. The molecule has 0 saturated heterocycles. The molecular weight excluding hydrogens is 1320 g/mol. The molecule has 9 rings (SSSR count). The first kappa shape index (κ1) is 101. The molecular formula is C86H110O18. The molecule has 0 aromatic heterocycles. The zero-order valence-corrected chi connectivity index (χ0v) is 62.1. The summed E-state index contributed by atoms with van der Waals surface area (Å²) in [6.07, 6.45) is -3.19. The topological polar surface area (TPSA) is 237 Å². The van der Waals surface area contributed by atoms with Gasteiger partial charge >= 0.3 is 66.4 Å². The molecule has 0 fully saturated rings. The Hall–Kier alpha value is -11.8. The van der Waals surface area contributed by atoms with Gasteiger partial charge in [0.2, 0.25) is 6.79 Å². The number of carbonyl (C=O) groups is 9. The molecule has 0 heterocycles. The van der Waals surface area contributed by atoms with Crippen LogP contribution < -0.4 is 0 Å². The van der Waals surface area contributed by atoms with E-state index in [9.17, 15) is 43.2 Å². The monoisotopic (exact) mass is 1430 g/mol. The standard InChI is InChI=1S/C29H20O8.C22H16O6.C15H12O4.9C2H6.2CH4/c30-25(21-13-5-1-6-14-21)34-29(35-26(31)22-15-7-2-8-16-22,36-27(32)23-17-9-3-10-18-23)37-28(33)24-19-11-4-12-20-24;23-19(16-10-4-1-5-11-16)26-22(27-20(24)17-12-6-2-7-13-17)28-21(25)18-14-8-3-9-15-18;16-14(12-7-3-1-4-8-12)18-11-19-15(17)13-9-5-2-6-10-13;9*1-2;;/h1-20H;1-15,22H;1-10H,11H2;9*1-2H3;2*1H4. The van der Waals surface area contributed by atoms with Crippen LogP contribution in [0.5, 0.6) is 0 Å². The summed E-state index contributed by atoms with van der Waals surface area (Å²) in [4.78, 5) is 112. The van der Waals surface area contributed by atoms with Crippen molar-refractivity contribution in [1.82, 2.24) is 0 Å². The van der Waals surface area contributed by atoms with Crippen molar-refractivity contribution in [2.24, 2.45) is 0 Å². The number of hydrogen-bond acceptors (Lipinski definition) is 18. The molecule has 562 valence electrons. The third kappa shape index (κ3) is 39.9. The van der Waals surface area contributed by atoms with Crippen LogP contribution in [0.2, 0.25) is 0 Å². The van der Waals surface area contributed by atoms with Gasteiger partial charge in [0, 0.05) is 0 Å². The minimum atomic E-state index is -3.19. The third-order valence-corrected chi connectivity index (χ3v) is 10.9. The Morgan fingerprint density at radius 3 is 0.481 bits per heavy atom. The lowest BCUT2D eigenvalue weighted by Gasteiger charge is -2.29. The highest BCUT2D eigenvalue weighted by Crippen LogP contribution is 2.26. The van der Waals surface area contributed by atoms with Gasteiger partial charge in [-0.2, -0.15) is 0 Å². The number of esters is 9. The molecule has 0 saturated carbocycles. The molecule has 0 amide bonds. The van der Waals surface area contributed by atoms with Gasteiger partial charge in [0.05, 0.1) is 50.1 Å². The van der Waals surface area contributed by atoms with E-state index >= 15 is 0 Å². The maximum atomic E-state index is 13.0. The minimum Gasteiger partial charge on any atom is -0.424 e. The van der Waals surface area contributed by atoms with Crippen LogP contribution in [0.25, 0.3) is 0 Å². The Bertz CT molecular complexity index is 3200. The second kappa shape index (κ2) is 65.8. The van der Waals surface area contributed by atoms with Gasteiger partial charge in [-0.15, -0.1) is 0 Å². The average Bonchev–Trinajstić information content (AvgIpc) is 0.800. The van der Waals surface area contributed by atoms with E-state index in [1.807, 2.05) is 125 Å². The molecule has 0 atom stereocenters. The molecule has 0 aliphatic rings. The summed E-state index contributed by atoms with van der Waals surface area (Å²) in [6, 6.07) is 71.9. The largest absolute Gasteiger partial charge is 0.620 e. The van der Waals surface area contributed by atoms with E-state index in [2.05, 4.69) is 0 Å². The lowest BCUT2D eigenvalue weighted by molar-refractivity contribution is -0.413. The van der Waals surface area contributed by atoms with Crippen molar-refractivity contribution >= 4 is 53.7 Å². The number of hydrogen-bond donors (Lipinski definition) is 0. The molecule has 0 aliphatic carbocycles. The van der Waals surface area contributed by atoms with Gasteiger partial charge in [-0.3, -0.25) is 0 Å². The maximum Gasteiger partial charge on any atom is 0.620 e. The zero-order valence-electron chi connectivity index (χ0n) is 62.1. The second-order valence-corrected chi connectivity index (χ2v) is 16.8.